The van der Waals surface area contributed by atoms with Crippen LogP contribution >= 0.6 is 0 Å². The largest absolute Gasteiger partial charge is 0.435 e. The number of benzene rings is 1. The highest BCUT2D eigenvalue weighted by atomic mass is 19.3. The molecule has 0 saturated heterocycles. The van der Waals surface area contributed by atoms with Crippen LogP contribution in [0.15, 0.2) is 24.3 Å². The van der Waals surface area contributed by atoms with Gasteiger partial charge >= 0.3 is 6.61 Å². The SMILES string of the molecule is CC(C)(O)CNC(=O)c1cccc(OC(F)F)c1. The molecule has 0 heterocycles. The summed E-state index contributed by atoms with van der Waals surface area (Å²) < 4.78 is 28.2. The highest BCUT2D eigenvalue weighted by molar-refractivity contribution is 5.94. The van der Waals surface area contributed by atoms with Gasteiger partial charge in [0.15, 0.2) is 0 Å². The topological polar surface area (TPSA) is 58.6 Å². The van der Waals surface area contributed by atoms with Gasteiger partial charge in [-0.25, -0.2) is 0 Å². The molecule has 0 radical (unpaired) electrons. The van der Waals surface area contributed by atoms with Crippen molar-refractivity contribution in [1.82, 2.24) is 5.32 Å². The molecule has 0 bridgehead atoms. The lowest BCUT2D eigenvalue weighted by Crippen LogP contribution is -2.38. The molecule has 0 aliphatic carbocycles. The monoisotopic (exact) mass is 259 g/mol. The van der Waals surface area contributed by atoms with Crippen molar-refractivity contribution < 1.29 is 23.4 Å². The minimum Gasteiger partial charge on any atom is -0.435 e. The smallest absolute Gasteiger partial charge is 0.387 e. The predicted octanol–water partition coefficient (Wildman–Crippen LogP) is 1.79. The van der Waals surface area contributed by atoms with E-state index in [9.17, 15) is 18.7 Å². The molecule has 0 atom stereocenters. The van der Waals surface area contributed by atoms with E-state index in [2.05, 4.69) is 10.1 Å². The third-order valence-corrected chi connectivity index (χ3v) is 2.00. The summed E-state index contributed by atoms with van der Waals surface area (Å²) in [5, 5.41) is 11.9. The van der Waals surface area contributed by atoms with Gasteiger partial charge in [-0.1, -0.05) is 6.07 Å². The number of nitrogens with one attached hydrogen (secondary N) is 1. The third kappa shape index (κ3) is 5.09. The minimum atomic E-state index is -2.93. The number of carbonyl (C=O) groups excluding carboxylic acids is 1. The average Bonchev–Trinajstić information content (AvgIpc) is 2.24. The van der Waals surface area contributed by atoms with Gasteiger partial charge < -0.3 is 15.2 Å². The Hall–Kier alpha value is -1.69. The van der Waals surface area contributed by atoms with Crippen LogP contribution in [-0.2, 0) is 0 Å². The molecular formula is C12H15F2NO3. The zero-order chi connectivity index (χ0) is 13.8. The molecule has 1 aromatic rings. The number of carbonyl (C=O) groups is 1. The maximum Gasteiger partial charge on any atom is 0.387 e. The Morgan fingerprint density at radius 3 is 2.72 bits per heavy atom. The number of amides is 1. The summed E-state index contributed by atoms with van der Waals surface area (Å²) in [6.45, 7) is 0.221. The van der Waals surface area contributed by atoms with Crippen LogP contribution < -0.4 is 10.1 Å². The first-order valence-corrected chi connectivity index (χ1v) is 5.33. The van der Waals surface area contributed by atoms with E-state index < -0.39 is 18.1 Å². The van der Waals surface area contributed by atoms with Crippen molar-refractivity contribution in [2.45, 2.75) is 26.1 Å². The Morgan fingerprint density at radius 1 is 1.50 bits per heavy atom. The Morgan fingerprint density at radius 2 is 2.17 bits per heavy atom. The van der Waals surface area contributed by atoms with Gasteiger partial charge in [0.25, 0.3) is 5.91 Å². The number of ether oxygens (including phenoxy) is 1. The molecule has 1 rings (SSSR count). The first-order chi connectivity index (χ1) is 8.28. The van der Waals surface area contributed by atoms with Crippen molar-refractivity contribution in [2.75, 3.05) is 6.54 Å². The zero-order valence-corrected chi connectivity index (χ0v) is 10.1. The van der Waals surface area contributed by atoms with Gasteiger partial charge in [-0.05, 0) is 32.0 Å². The van der Waals surface area contributed by atoms with Crippen molar-refractivity contribution in [2.24, 2.45) is 0 Å². The Balaban J connectivity index is 2.68. The van der Waals surface area contributed by atoms with Gasteiger partial charge in [0.2, 0.25) is 0 Å². The van der Waals surface area contributed by atoms with Crippen LogP contribution in [0.4, 0.5) is 8.78 Å². The second-order valence-corrected chi connectivity index (χ2v) is 4.40. The standard InChI is InChI=1S/C12H15F2NO3/c1-12(2,17)7-15-10(16)8-4-3-5-9(6-8)18-11(13)14/h3-6,11,17H,7H2,1-2H3,(H,15,16). The quantitative estimate of drug-likeness (QED) is 0.847. The number of hydrogen-bond acceptors (Lipinski definition) is 3. The number of rotatable bonds is 5. The number of alkyl halides is 2. The Labute approximate surface area is 104 Å². The highest BCUT2D eigenvalue weighted by Crippen LogP contribution is 2.15. The molecule has 18 heavy (non-hydrogen) atoms. The van der Waals surface area contributed by atoms with Crippen molar-refractivity contribution >= 4 is 5.91 Å². The van der Waals surface area contributed by atoms with Crippen LogP contribution in [0, 0.1) is 0 Å². The van der Waals surface area contributed by atoms with E-state index in [0.717, 1.165) is 0 Å². The summed E-state index contributed by atoms with van der Waals surface area (Å²) >= 11 is 0. The molecule has 0 spiro atoms. The van der Waals surface area contributed by atoms with Crippen LogP contribution in [0.25, 0.3) is 0 Å². The molecule has 0 aliphatic heterocycles. The van der Waals surface area contributed by atoms with E-state index in [1.165, 1.54) is 24.3 Å². The van der Waals surface area contributed by atoms with Gasteiger partial charge in [0.1, 0.15) is 5.75 Å². The summed E-state index contributed by atoms with van der Waals surface area (Å²) in [5.41, 5.74) is -0.843. The van der Waals surface area contributed by atoms with Gasteiger partial charge in [-0.3, -0.25) is 4.79 Å². The molecule has 100 valence electrons. The van der Waals surface area contributed by atoms with Crippen LogP contribution in [-0.4, -0.2) is 29.8 Å². The molecule has 0 fully saturated rings. The normalized spacial score (nSPS) is 11.4. The number of halogens is 2. The van der Waals surface area contributed by atoms with Crippen molar-refractivity contribution in [3.8, 4) is 5.75 Å². The number of hydrogen-bond donors (Lipinski definition) is 2. The highest BCUT2D eigenvalue weighted by Gasteiger charge is 2.15. The van der Waals surface area contributed by atoms with Crippen molar-refractivity contribution in [1.29, 1.82) is 0 Å². The summed E-state index contributed by atoms with van der Waals surface area (Å²) in [6.07, 6.45) is 0. The maximum atomic E-state index is 12.0. The Bertz CT molecular complexity index is 416. The fourth-order valence-corrected chi connectivity index (χ4v) is 1.21. The fourth-order valence-electron chi connectivity index (χ4n) is 1.21. The van der Waals surface area contributed by atoms with Gasteiger partial charge in [0.05, 0.1) is 5.60 Å². The van der Waals surface area contributed by atoms with E-state index >= 15 is 0 Å². The van der Waals surface area contributed by atoms with E-state index in [0.29, 0.717) is 0 Å². The molecular weight excluding hydrogens is 244 g/mol. The molecule has 0 aliphatic rings. The lowest BCUT2D eigenvalue weighted by atomic mass is 10.1. The molecule has 1 amide bonds. The van der Waals surface area contributed by atoms with Crippen LogP contribution in [0.2, 0.25) is 0 Å². The number of aliphatic hydroxyl groups is 1. The van der Waals surface area contributed by atoms with E-state index in [1.54, 1.807) is 13.8 Å². The summed E-state index contributed by atoms with van der Waals surface area (Å²) in [4.78, 5) is 11.7. The lowest BCUT2D eigenvalue weighted by Gasteiger charge is -2.17. The van der Waals surface area contributed by atoms with Crippen molar-refractivity contribution in [3.63, 3.8) is 0 Å². The first kappa shape index (κ1) is 14.4. The first-order valence-electron chi connectivity index (χ1n) is 5.33. The van der Waals surface area contributed by atoms with E-state index in [1.807, 2.05) is 0 Å². The minimum absolute atomic E-state index is 0.0613. The molecule has 0 saturated carbocycles. The molecule has 6 heteroatoms. The lowest BCUT2D eigenvalue weighted by molar-refractivity contribution is -0.0498. The van der Waals surface area contributed by atoms with Gasteiger partial charge in [-0.2, -0.15) is 8.78 Å². The van der Waals surface area contributed by atoms with Gasteiger partial charge in [0, 0.05) is 12.1 Å². The average molecular weight is 259 g/mol. The second-order valence-electron chi connectivity index (χ2n) is 4.40. The zero-order valence-electron chi connectivity index (χ0n) is 10.1. The molecule has 0 aromatic heterocycles. The van der Waals surface area contributed by atoms with E-state index in [-0.39, 0.29) is 17.9 Å². The molecule has 1 aromatic carbocycles. The molecule has 0 unspecified atom stereocenters. The van der Waals surface area contributed by atoms with Crippen LogP contribution in [0.1, 0.15) is 24.2 Å². The fraction of sp³-hybridized carbons (Fsp3) is 0.417. The summed E-state index contributed by atoms with van der Waals surface area (Å²) in [7, 11) is 0. The van der Waals surface area contributed by atoms with E-state index in [4.69, 9.17) is 0 Å². The summed E-state index contributed by atoms with van der Waals surface area (Å²) in [5.74, 6) is -0.544. The predicted molar refractivity (Wildman–Crippen MR) is 61.7 cm³/mol. The summed E-state index contributed by atoms with van der Waals surface area (Å²) in [6, 6.07) is 5.46. The Kier molecular flexibility index (Phi) is 4.61. The van der Waals surface area contributed by atoms with Gasteiger partial charge in [-0.15, -0.1) is 0 Å². The van der Waals surface area contributed by atoms with Crippen molar-refractivity contribution in [3.05, 3.63) is 29.8 Å². The molecule has 4 nitrogen and oxygen atoms in total. The third-order valence-electron chi connectivity index (χ3n) is 2.00. The maximum absolute atomic E-state index is 12.0. The molecule has 2 N–H and O–H groups in total. The van der Waals surface area contributed by atoms with Crippen LogP contribution in [0.3, 0.4) is 0 Å². The second kappa shape index (κ2) is 5.77. The van der Waals surface area contributed by atoms with Crippen LogP contribution in [0.5, 0.6) is 5.75 Å².